The number of unbranched alkanes of at least 4 members (excludes halogenated alkanes) is 1. The van der Waals surface area contributed by atoms with Gasteiger partial charge in [-0.3, -0.25) is 4.79 Å². The highest BCUT2D eigenvalue weighted by molar-refractivity contribution is 5.66. The third-order valence-corrected chi connectivity index (χ3v) is 2.60. The molecule has 1 rings (SSSR count). The highest BCUT2D eigenvalue weighted by Crippen LogP contribution is 2.10. The standard InChI is InChI=1S/C10H19NO3/c12-9-4-3-7-11(8-9)6-2-1-5-10(13)14/h9,12H,1-8H2,(H,13,14). The van der Waals surface area contributed by atoms with Gasteiger partial charge in [-0.1, -0.05) is 0 Å². The van der Waals surface area contributed by atoms with Crippen LogP contribution in [0, 0.1) is 0 Å². The van der Waals surface area contributed by atoms with Crippen molar-refractivity contribution in [3.8, 4) is 0 Å². The molecule has 14 heavy (non-hydrogen) atoms. The van der Waals surface area contributed by atoms with Crippen molar-refractivity contribution >= 4 is 5.97 Å². The summed E-state index contributed by atoms with van der Waals surface area (Å²) < 4.78 is 0. The van der Waals surface area contributed by atoms with Gasteiger partial charge in [0, 0.05) is 13.0 Å². The van der Waals surface area contributed by atoms with Crippen LogP contribution in [0.25, 0.3) is 0 Å². The fraction of sp³-hybridized carbons (Fsp3) is 0.900. The van der Waals surface area contributed by atoms with Gasteiger partial charge < -0.3 is 15.1 Å². The molecular weight excluding hydrogens is 182 g/mol. The first-order valence-electron chi connectivity index (χ1n) is 5.30. The van der Waals surface area contributed by atoms with Crippen LogP contribution in [0.5, 0.6) is 0 Å². The Kier molecular flexibility index (Phi) is 4.90. The minimum atomic E-state index is -0.719. The fourth-order valence-corrected chi connectivity index (χ4v) is 1.85. The van der Waals surface area contributed by atoms with Gasteiger partial charge in [0.2, 0.25) is 0 Å². The summed E-state index contributed by atoms with van der Waals surface area (Å²) in [5, 5.41) is 17.8. The molecule has 1 atom stereocenters. The van der Waals surface area contributed by atoms with Gasteiger partial charge in [-0.25, -0.2) is 0 Å². The number of nitrogens with zero attached hydrogens (tertiary/aromatic N) is 1. The number of likely N-dealkylation sites (tertiary alicyclic amines) is 1. The van der Waals surface area contributed by atoms with Crippen LogP contribution < -0.4 is 0 Å². The third kappa shape index (κ3) is 4.58. The van der Waals surface area contributed by atoms with Crippen LogP contribution >= 0.6 is 0 Å². The molecule has 0 saturated carbocycles. The van der Waals surface area contributed by atoms with Crippen LogP contribution in [0.2, 0.25) is 0 Å². The van der Waals surface area contributed by atoms with Crippen molar-refractivity contribution in [1.82, 2.24) is 4.90 Å². The minimum Gasteiger partial charge on any atom is -0.481 e. The Bertz CT molecular complexity index is 184. The average Bonchev–Trinajstić information content (AvgIpc) is 2.12. The molecule has 0 radical (unpaired) electrons. The smallest absolute Gasteiger partial charge is 0.303 e. The maximum Gasteiger partial charge on any atom is 0.303 e. The number of β-amino-alcohol motifs (C(OH)–C–C–N with tert-alkyl or cyclic N) is 1. The molecule has 0 aromatic rings. The number of aliphatic hydroxyl groups excluding tert-OH is 1. The average molecular weight is 201 g/mol. The van der Waals surface area contributed by atoms with E-state index < -0.39 is 5.97 Å². The van der Waals surface area contributed by atoms with Crippen molar-refractivity contribution in [3.63, 3.8) is 0 Å². The van der Waals surface area contributed by atoms with Crippen LogP contribution in [0.4, 0.5) is 0 Å². The Morgan fingerprint density at radius 1 is 1.43 bits per heavy atom. The molecule has 0 aromatic heterocycles. The zero-order chi connectivity index (χ0) is 10.4. The van der Waals surface area contributed by atoms with Crippen LogP contribution in [0.1, 0.15) is 32.1 Å². The number of piperidine rings is 1. The van der Waals surface area contributed by atoms with Crippen molar-refractivity contribution in [2.45, 2.75) is 38.2 Å². The lowest BCUT2D eigenvalue weighted by molar-refractivity contribution is -0.137. The van der Waals surface area contributed by atoms with Gasteiger partial charge in [-0.2, -0.15) is 0 Å². The summed E-state index contributed by atoms with van der Waals surface area (Å²) in [6.45, 7) is 2.72. The van der Waals surface area contributed by atoms with Crippen molar-refractivity contribution in [3.05, 3.63) is 0 Å². The molecule has 1 aliphatic heterocycles. The van der Waals surface area contributed by atoms with E-state index in [1.807, 2.05) is 0 Å². The Hall–Kier alpha value is -0.610. The number of rotatable bonds is 5. The maximum absolute atomic E-state index is 10.2. The summed E-state index contributed by atoms with van der Waals surface area (Å²) in [5.41, 5.74) is 0. The number of hydrogen-bond donors (Lipinski definition) is 2. The first-order valence-corrected chi connectivity index (χ1v) is 5.30. The molecule has 1 unspecified atom stereocenters. The quantitative estimate of drug-likeness (QED) is 0.643. The zero-order valence-electron chi connectivity index (χ0n) is 8.48. The Morgan fingerprint density at radius 2 is 2.21 bits per heavy atom. The number of carboxylic acid groups (broad SMARTS) is 1. The number of hydrogen-bond acceptors (Lipinski definition) is 3. The number of carbonyl (C=O) groups is 1. The van der Waals surface area contributed by atoms with E-state index in [1.54, 1.807) is 0 Å². The van der Waals surface area contributed by atoms with Gasteiger partial charge in [-0.05, 0) is 38.8 Å². The molecule has 1 heterocycles. The van der Waals surface area contributed by atoms with E-state index in [9.17, 15) is 9.90 Å². The second-order valence-electron chi connectivity index (χ2n) is 3.95. The van der Waals surface area contributed by atoms with Crippen LogP contribution in [-0.2, 0) is 4.79 Å². The molecule has 0 amide bonds. The summed E-state index contributed by atoms with van der Waals surface area (Å²) in [4.78, 5) is 12.5. The third-order valence-electron chi connectivity index (χ3n) is 2.60. The largest absolute Gasteiger partial charge is 0.481 e. The normalized spacial score (nSPS) is 23.6. The van der Waals surface area contributed by atoms with E-state index in [4.69, 9.17) is 5.11 Å². The van der Waals surface area contributed by atoms with Gasteiger partial charge in [0.15, 0.2) is 0 Å². The van der Waals surface area contributed by atoms with Gasteiger partial charge >= 0.3 is 5.97 Å². The molecule has 1 saturated heterocycles. The summed E-state index contributed by atoms with van der Waals surface area (Å²) in [6, 6.07) is 0. The van der Waals surface area contributed by atoms with Gasteiger partial charge in [0.1, 0.15) is 0 Å². The Morgan fingerprint density at radius 3 is 2.86 bits per heavy atom. The molecule has 0 aromatic carbocycles. The van der Waals surface area contributed by atoms with E-state index in [-0.39, 0.29) is 12.5 Å². The van der Waals surface area contributed by atoms with Crippen molar-refractivity contribution in [2.75, 3.05) is 19.6 Å². The monoisotopic (exact) mass is 201 g/mol. The molecule has 1 aliphatic rings. The van der Waals surface area contributed by atoms with Crippen LogP contribution in [0.15, 0.2) is 0 Å². The molecule has 2 N–H and O–H groups in total. The molecule has 0 bridgehead atoms. The zero-order valence-corrected chi connectivity index (χ0v) is 8.48. The summed E-state index contributed by atoms with van der Waals surface area (Å²) in [6.07, 6.45) is 3.70. The first kappa shape index (κ1) is 11.5. The highest BCUT2D eigenvalue weighted by atomic mass is 16.4. The lowest BCUT2D eigenvalue weighted by Gasteiger charge is -2.29. The maximum atomic E-state index is 10.2. The molecular formula is C10H19NO3. The summed E-state index contributed by atoms with van der Waals surface area (Å²) in [5.74, 6) is -0.719. The molecule has 0 spiro atoms. The number of aliphatic carboxylic acids is 1. The van der Waals surface area contributed by atoms with E-state index in [0.717, 1.165) is 45.3 Å². The SMILES string of the molecule is O=C(O)CCCCN1CCCC(O)C1. The van der Waals surface area contributed by atoms with E-state index in [0.29, 0.717) is 0 Å². The molecule has 82 valence electrons. The summed E-state index contributed by atoms with van der Waals surface area (Å²) in [7, 11) is 0. The topological polar surface area (TPSA) is 60.8 Å². The molecule has 4 heteroatoms. The lowest BCUT2D eigenvalue weighted by Crippen LogP contribution is -2.38. The van der Waals surface area contributed by atoms with E-state index in [2.05, 4.69) is 4.90 Å². The van der Waals surface area contributed by atoms with Gasteiger partial charge in [0.25, 0.3) is 0 Å². The van der Waals surface area contributed by atoms with Crippen molar-refractivity contribution in [1.29, 1.82) is 0 Å². The predicted octanol–water partition coefficient (Wildman–Crippen LogP) is 0.698. The second-order valence-corrected chi connectivity index (χ2v) is 3.95. The fourth-order valence-electron chi connectivity index (χ4n) is 1.85. The van der Waals surface area contributed by atoms with Crippen molar-refractivity contribution in [2.24, 2.45) is 0 Å². The minimum absolute atomic E-state index is 0.178. The molecule has 0 aliphatic carbocycles. The van der Waals surface area contributed by atoms with Crippen LogP contribution in [0.3, 0.4) is 0 Å². The number of aliphatic hydroxyl groups is 1. The number of carboxylic acids is 1. The second kappa shape index (κ2) is 5.98. The van der Waals surface area contributed by atoms with Crippen molar-refractivity contribution < 1.29 is 15.0 Å². The van der Waals surface area contributed by atoms with Crippen LogP contribution in [-0.4, -0.2) is 46.8 Å². The predicted molar refractivity (Wildman–Crippen MR) is 53.2 cm³/mol. The first-order chi connectivity index (χ1) is 6.68. The van der Waals surface area contributed by atoms with E-state index >= 15 is 0 Å². The van der Waals surface area contributed by atoms with Gasteiger partial charge in [0.05, 0.1) is 6.10 Å². The lowest BCUT2D eigenvalue weighted by atomic mass is 10.1. The Balaban J connectivity index is 2.03. The summed E-state index contributed by atoms with van der Waals surface area (Å²) >= 11 is 0. The van der Waals surface area contributed by atoms with Gasteiger partial charge in [-0.15, -0.1) is 0 Å². The Labute approximate surface area is 84.5 Å². The molecule has 1 fully saturated rings. The molecule has 4 nitrogen and oxygen atoms in total. The van der Waals surface area contributed by atoms with E-state index in [1.165, 1.54) is 0 Å². The highest BCUT2D eigenvalue weighted by Gasteiger charge is 2.16.